The molecule has 150 valence electrons. The molecule has 8 heteroatoms. The van der Waals surface area contributed by atoms with Gasteiger partial charge in [0.2, 0.25) is 11.1 Å². The van der Waals surface area contributed by atoms with E-state index in [1.54, 1.807) is 11.7 Å². The summed E-state index contributed by atoms with van der Waals surface area (Å²) < 4.78 is 1.64. The summed E-state index contributed by atoms with van der Waals surface area (Å²) in [5.41, 5.74) is 4.18. The van der Waals surface area contributed by atoms with E-state index in [0.29, 0.717) is 16.7 Å². The zero-order chi connectivity index (χ0) is 20.9. The summed E-state index contributed by atoms with van der Waals surface area (Å²) in [6.45, 7) is 1.88. The van der Waals surface area contributed by atoms with Crippen LogP contribution in [0.3, 0.4) is 0 Å². The fourth-order valence-electron chi connectivity index (χ4n) is 3.00. The van der Waals surface area contributed by atoms with Crippen molar-refractivity contribution < 1.29 is 4.79 Å². The van der Waals surface area contributed by atoms with E-state index < -0.39 is 0 Å². The number of nitrogens with zero attached hydrogens (tertiary/aromatic N) is 5. The summed E-state index contributed by atoms with van der Waals surface area (Å²) in [6, 6.07) is 21.5. The molecule has 4 aromatic rings. The van der Waals surface area contributed by atoms with Gasteiger partial charge in [-0.2, -0.15) is 5.10 Å². The molecule has 1 N–H and O–H groups in total. The van der Waals surface area contributed by atoms with Crippen LogP contribution in [0, 0.1) is 6.92 Å². The minimum Gasteiger partial charge on any atom is -0.310 e. The molecule has 0 aliphatic carbocycles. The van der Waals surface area contributed by atoms with Crippen molar-refractivity contribution in [3.05, 3.63) is 72.4 Å². The second-order valence-corrected chi connectivity index (χ2v) is 7.60. The number of carbonyl (C=O) groups excluding carboxylic acids is 1. The normalized spacial score (nSPS) is 10.7. The largest absolute Gasteiger partial charge is 0.310 e. The van der Waals surface area contributed by atoms with Gasteiger partial charge in [0.25, 0.3) is 0 Å². The van der Waals surface area contributed by atoms with Crippen molar-refractivity contribution in [2.24, 2.45) is 7.05 Å². The van der Waals surface area contributed by atoms with Crippen LogP contribution < -0.4 is 5.32 Å². The molecule has 0 aliphatic rings. The molecule has 30 heavy (non-hydrogen) atoms. The summed E-state index contributed by atoms with van der Waals surface area (Å²) in [5.74, 6) is 0.673. The molecule has 2 aromatic heterocycles. The number of thioether (sulfide) groups is 1. The van der Waals surface area contributed by atoms with Gasteiger partial charge in [-0.3, -0.25) is 9.48 Å². The molecule has 0 spiro atoms. The fourth-order valence-corrected chi connectivity index (χ4v) is 3.58. The van der Waals surface area contributed by atoms with Crippen LogP contribution in [0.5, 0.6) is 0 Å². The van der Waals surface area contributed by atoms with Crippen molar-refractivity contribution >= 4 is 23.5 Å². The second-order valence-electron chi connectivity index (χ2n) is 6.66. The Hall–Kier alpha value is -3.52. The summed E-state index contributed by atoms with van der Waals surface area (Å²) in [5, 5.41) is 16.2. The van der Waals surface area contributed by atoms with Crippen LogP contribution in [0.4, 0.5) is 5.82 Å². The zero-order valence-corrected chi connectivity index (χ0v) is 17.4. The Morgan fingerprint density at radius 3 is 2.20 bits per heavy atom. The van der Waals surface area contributed by atoms with Gasteiger partial charge < -0.3 is 5.32 Å². The molecule has 2 heterocycles. The Bertz CT molecular complexity index is 1160. The molecular formula is C22H20N6OS. The number of hydrogen-bond acceptors (Lipinski definition) is 6. The van der Waals surface area contributed by atoms with Gasteiger partial charge in [-0.1, -0.05) is 72.4 Å². The third-order valence-corrected chi connectivity index (χ3v) is 5.20. The third kappa shape index (κ3) is 4.55. The zero-order valence-electron chi connectivity index (χ0n) is 16.6. The predicted octanol–water partition coefficient (Wildman–Crippen LogP) is 3.98. The molecule has 0 saturated heterocycles. The van der Waals surface area contributed by atoms with Gasteiger partial charge in [0, 0.05) is 24.2 Å². The number of benzene rings is 2. The fraction of sp³-hybridized carbons (Fsp3) is 0.136. The smallest absolute Gasteiger partial charge is 0.235 e. The van der Waals surface area contributed by atoms with Crippen molar-refractivity contribution in [3.8, 4) is 22.5 Å². The topological polar surface area (TPSA) is 85.6 Å². The molecule has 0 fully saturated rings. The van der Waals surface area contributed by atoms with Crippen LogP contribution >= 0.6 is 11.8 Å². The van der Waals surface area contributed by atoms with Gasteiger partial charge in [-0.15, -0.1) is 10.2 Å². The monoisotopic (exact) mass is 416 g/mol. The average Bonchev–Trinajstić information content (AvgIpc) is 3.09. The lowest BCUT2D eigenvalue weighted by molar-refractivity contribution is -0.113. The highest BCUT2D eigenvalue weighted by molar-refractivity contribution is 7.99. The lowest BCUT2D eigenvalue weighted by atomic mass is 10.0. The maximum absolute atomic E-state index is 12.3. The van der Waals surface area contributed by atoms with Crippen LogP contribution in [0.25, 0.3) is 22.5 Å². The maximum atomic E-state index is 12.3. The van der Waals surface area contributed by atoms with E-state index in [0.717, 1.165) is 22.5 Å². The van der Waals surface area contributed by atoms with E-state index in [4.69, 9.17) is 4.98 Å². The first-order valence-corrected chi connectivity index (χ1v) is 10.4. The highest BCUT2D eigenvalue weighted by Crippen LogP contribution is 2.29. The molecule has 0 saturated carbocycles. The summed E-state index contributed by atoms with van der Waals surface area (Å²) in [7, 11) is 1.79. The number of nitrogens with one attached hydrogen (secondary N) is 1. The van der Waals surface area contributed by atoms with Crippen LogP contribution in [-0.4, -0.2) is 36.6 Å². The van der Waals surface area contributed by atoms with E-state index in [1.807, 2.05) is 73.7 Å². The molecule has 0 radical (unpaired) electrons. The first-order chi connectivity index (χ1) is 14.6. The number of amides is 1. The summed E-state index contributed by atoms with van der Waals surface area (Å²) >= 11 is 1.25. The molecule has 0 aliphatic heterocycles. The predicted molar refractivity (Wildman–Crippen MR) is 118 cm³/mol. The summed E-state index contributed by atoms with van der Waals surface area (Å²) in [6.07, 6.45) is 0. The number of anilines is 1. The van der Waals surface area contributed by atoms with Crippen LogP contribution in [0.1, 0.15) is 5.69 Å². The van der Waals surface area contributed by atoms with E-state index in [2.05, 4.69) is 20.6 Å². The highest BCUT2D eigenvalue weighted by Gasteiger charge is 2.15. The summed E-state index contributed by atoms with van der Waals surface area (Å²) in [4.78, 5) is 17.1. The first kappa shape index (κ1) is 19.8. The van der Waals surface area contributed by atoms with Gasteiger partial charge in [0.15, 0.2) is 0 Å². The van der Waals surface area contributed by atoms with Gasteiger partial charge in [-0.05, 0) is 6.92 Å². The minimum atomic E-state index is -0.153. The Morgan fingerprint density at radius 1 is 0.967 bits per heavy atom. The number of rotatable bonds is 6. The highest BCUT2D eigenvalue weighted by atomic mass is 32.2. The minimum absolute atomic E-state index is 0.153. The van der Waals surface area contributed by atoms with Crippen LogP contribution in [0.2, 0.25) is 0 Å². The molecule has 7 nitrogen and oxygen atoms in total. The molecular weight excluding hydrogens is 396 g/mol. The van der Waals surface area contributed by atoms with Gasteiger partial charge >= 0.3 is 0 Å². The third-order valence-electron chi connectivity index (χ3n) is 4.36. The van der Waals surface area contributed by atoms with Crippen molar-refractivity contribution in [2.75, 3.05) is 11.1 Å². The van der Waals surface area contributed by atoms with Crippen molar-refractivity contribution in [1.29, 1.82) is 0 Å². The van der Waals surface area contributed by atoms with E-state index in [1.165, 1.54) is 11.8 Å². The lowest BCUT2D eigenvalue weighted by Gasteiger charge is -2.09. The van der Waals surface area contributed by atoms with E-state index in [-0.39, 0.29) is 11.7 Å². The quantitative estimate of drug-likeness (QED) is 0.479. The van der Waals surface area contributed by atoms with Gasteiger partial charge in [0.05, 0.1) is 11.4 Å². The van der Waals surface area contributed by atoms with Crippen LogP contribution in [-0.2, 0) is 11.8 Å². The van der Waals surface area contributed by atoms with Crippen molar-refractivity contribution in [1.82, 2.24) is 25.0 Å². The Balaban J connectivity index is 1.56. The second kappa shape index (κ2) is 8.87. The molecule has 0 unspecified atom stereocenters. The van der Waals surface area contributed by atoms with Gasteiger partial charge in [0.1, 0.15) is 17.2 Å². The molecule has 4 rings (SSSR count). The standard InChI is InChI=1S/C22H20N6OS/c1-15-13-18(28(2)27-15)23-19(29)14-30-22-24-20(16-9-5-3-6-10-16)21(25-26-22)17-11-7-4-8-12-17/h3-13H,14H2,1-2H3,(H,23,29). The Kier molecular flexibility index (Phi) is 5.85. The van der Waals surface area contributed by atoms with E-state index >= 15 is 0 Å². The lowest BCUT2D eigenvalue weighted by Crippen LogP contribution is -2.16. The Labute approximate surface area is 178 Å². The number of carbonyl (C=O) groups is 1. The van der Waals surface area contributed by atoms with Crippen molar-refractivity contribution in [2.45, 2.75) is 12.1 Å². The maximum Gasteiger partial charge on any atom is 0.235 e. The number of aromatic nitrogens is 5. The molecule has 0 atom stereocenters. The SMILES string of the molecule is Cc1cc(NC(=O)CSc2nnc(-c3ccccc3)c(-c3ccccc3)n2)n(C)n1. The number of hydrogen-bond donors (Lipinski definition) is 1. The molecule has 2 aromatic carbocycles. The first-order valence-electron chi connectivity index (χ1n) is 9.39. The Morgan fingerprint density at radius 2 is 1.60 bits per heavy atom. The van der Waals surface area contributed by atoms with Crippen molar-refractivity contribution in [3.63, 3.8) is 0 Å². The van der Waals surface area contributed by atoms with Crippen LogP contribution in [0.15, 0.2) is 71.9 Å². The van der Waals surface area contributed by atoms with E-state index in [9.17, 15) is 4.79 Å². The average molecular weight is 417 g/mol. The molecule has 0 bridgehead atoms. The number of aryl methyl sites for hydroxylation is 2. The molecule has 1 amide bonds. The van der Waals surface area contributed by atoms with Gasteiger partial charge in [-0.25, -0.2) is 4.98 Å².